The molecule has 96 valence electrons. The van der Waals surface area contributed by atoms with Gasteiger partial charge in [-0.25, -0.2) is 8.78 Å². The average Bonchev–Trinajstić information content (AvgIpc) is 2.88. The Hall–Kier alpha value is -2.23. The van der Waals surface area contributed by atoms with Crippen molar-refractivity contribution in [2.24, 2.45) is 4.99 Å². The molecule has 4 heteroatoms. The lowest BCUT2D eigenvalue weighted by atomic mass is 9.95. The molecule has 0 aromatic heterocycles. The summed E-state index contributed by atoms with van der Waals surface area (Å²) in [6, 6.07) is 12.3. The SMILES string of the molecule is Fc1cccc(C2N=CNC2c2cccc(F)c2)c1. The number of aliphatic imine (C=N–C) groups is 1. The predicted molar refractivity (Wildman–Crippen MR) is 69.9 cm³/mol. The fourth-order valence-corrected chi connectivity index (χ4v) is 2.33. The van der Waals surface area contributed by atoms with E-state index in [0.29, 0.717) is 0 Å². The number of benzene rings is 2. The molecule has 1 aliphatic heterocycles. The highest BCUT2D eigenvalue weighted by molar-refractivity contribution is 5.60. The van der Waals surface area contributed by atoms with Crippen LogP contribution in [0, 0.1) is 11.6 Å². The monoisotopic (exact) mass is 258 g/mol. The van der Waals surface area contributed by atoms with E-state index in [1.54, 1.807) is 18.5 Å². The molecule has 1 heterocycles. The molecule has 0 bridgehead atoms. The molecule has 0 fully saturated rings. The van der Waals surface area contributed by atoms with Crippen LogP contribution in [0.15, 0.2) is 53.5 Å². The van der Waals surface area contributed by atoms with Crippen molar-refractivity contribution in [3.05, 3.63) is 71.3 Å². The van der Waals surface area contributed by atoms with E-state index in [9.17, 15) is 8.78 Å². The Labute approximate surface area is 109 Å². The summed E-state index contributed by atoms with van der Waals surface area (Å²) >= 11 is 0. The van der Waals surface area contributed by atoms with Gasteiger partial charge in [-0.1, -0.05) is 24.3 Å². The van der Waals surface area contributed by atoms with Crippen molar-refractivity contribution in [3.8, 4) is 0 Å². The van der Waals surface area contributed by atoms with E-state index < -0.39 is 0 Å². The van der Waals surface area contributed by atoms with Gasteiger partial charge in [-0.15, -0.1) is 0 Å². The molecular formula is C15H12F2N2. The molecule has 2 nitrogen and oxygen atoms in total. The molecule has 1 N–H and O–H groups in total. The predicted octanol–water partition coefficient (Wildman–Crippen LogP) is 3.38. The molecule has 0 saturated heterocycles. The van der Waals surface area contributed by atoms with Crippen molar-refractivity contribution in [1.29, 1.82) is 0 Å². The molecule has 0 radical (unpaired) electrons. The quantitative estimate of drug-likeness (QED) is 0.877. The van der Waals surface area contributed by atoms with Crippen molar-refractivity contribution in [3.63, 3.8) is 0 Å². The highest BCUT2D eigenvalue weighted by Gasteiger charge is 2.27. The summed E-state index contributed by atoms with van der Waals surface area (Å²) in [6.07, 6.45) is 1.59. The van der Waals surface area contributed by atoms with E-state index in [4.69, 9.17) is 0 Å². The first-order chi connectivity index (χ1) is 9.24. The number of halogens is 2. The second-order valence-corrected chi connectivity index (χ2v) is 4.48. The smallest absolute Gasteiger partial charge is 0.123 e. The Balaban J connectivity index is 1.95. The topological polar surface area (TPSA) is 24.4 Å². The number of nitrogens with zero attached hydrogens (tertiary/aromatic N) is 1. The minimum atomic E-state index is -0.294. The summed E-state index contributed by atoms with van der Waals surface area (Å²) in [4.78, 5) is 4.31. The molecule has 0 saturated carbocycles. The second kappa shape index (κ2) is 4.80. The first kappa shape index (κ1) is 11.8. The lowest BCUT2D eigenvalue weighted by Crippen LogP contribution is -2.18. The number of hydrogen-bond acceptors (Lipinski definition) is 2. The van der Waals surface area contributed by atoms with Crippen LogP contribution in [0.3, 0.4) is 0 Å². The number of hydrogen-bond donors (Lipinski definition) is 1. The van der Waals surface area contributed by atoms with Crippen molar-refractivity contribution in [2.75, 3.05) is 0 Å². The Kier molecular flexibility index (Phi) is 2.99. The van der Waals surface area contributed by atoms with Crippen LogP contribution >= 0.6 is 0 Å². The number of rotatable bonds is 2. The zero-order valence-corrected chi connectivity index (χ0v) is 10.1. The Morgan fingerprint density at radius 3 is 2.21 bits per heavy atom. The third kappa shape index (κ3) is 2.34. The summed E-state index contributed by atoms with van der Waals surface area (Å²) in [6.45, 7) is 0. The van der Waals surface area contributed by atoms with E-state index in [1.165, 1.54) is 24.3 Å². The summed E-state index contributed by atoms with van der Waals surface area (Å²) in [5.74, 6) is -0.582. The first-order valence-electron chi connectivity index (χ1n) is 6.03. The van der Waals surface area contributed by atoms with E-state index in [-0.39, 0.29) is 23.7 Å². The minimum Gasteiger partial charge on any atom is -0.367 e. The Morgan fingerprint density at radius 1 is 0.895 bits per heavy atom. The van der Waals surface area contributed by atoms with Gasteiger partial charge in [0.15, 0.2) is 0 Å². The molecule has 0 amide bonds. The van der Waals surface area contributed by atoms with Crippen LogP contribution in [0.1, 0.15) is 23.2 Å². The lowest BCUT2D eigenvalue weighted by molar-refractivity contribution is 0.556. The van der Waals surface area contributed by atoms with Gasteiger partial charge in [-0.3, -0.25) is 4.99 Å². The van der Waals surface area contributed by atoms with Crippen molar-refractivity contribution >= 4 is 6.34 Å². The largest absolute Gasteiger partial charge is 0.367 e. The normalized spacial score (nSPS) is 21.4. The third-order valence-corrected chi connectivity index (χ3v) is 3.20. The standard InChI is InChI=1S/C15H12F2N2/c16-12-5-1-3-10(7-12)14-15(19-9-18-14)11-4-2-6-13(17)8-11/h1-9,14-15H,(H,18,19). The molecule has 0 aliphatic carbocycles. The van der Waals surface area contributed by atoms with Crippen LogP contribution in [-0.2, 0) is 0 Å². The molecular weight excluding hydrogens is 246 g/mol. The maximum atomic E-state index is 13.3. The van der Waals surface area contributed by atoms with Gasteiger partial charge in [0.05, 0.1) is 12.4 Å². The molecule has 2 aromatic rings. The van der Waals surface area contributed by atoms with Crippen LogP contribution in [0.25, 0.3) is 0 Å². The van der Waals surface area contributed by atoms with Gasteiger partial charge in [-0.05, 0) is 35.4 Å². The molecule has 2 aromatic carbocycles. The van der Waals surface area contributed by atoms with Crippen molar-refractivity contribution in [2.45, 2.75) is 12.1 Å². The van der Waals surface area contributed by atoms with Crippen molar-refractivity contribution < 1.29 is 8.78 Å². The lowest BCUT2D eigenvalue weighted by Gasteiger charge is -2.19. The van der Waals surface area contributed by atoms with E-state index >= 15 is 0 Å². The zero-order valence-electron chi connectivity index (χ0n) is 10.1. The van der Waals surface area contributed by atoms with E-state index in [1.807, 2.05) is 12.1 Å². The van der Waals surface area contributed by atoms with Gasteiger partial charge in [0, 0.05) is 0 Å². The fourth-order valence-electron chi connectivity index (χ4n) is 2.33. The Bertz CT molecular complexity index is 625. The fraction of sp³-hybridized carbons (Fsp3) is 0.133. The molecule has 2 atom stereocenters. The molecule has 0 spiro atoms. The molecule has 19 heavy (non-hydrogen) atoms. The summed E-state index contributed by atoms with van der Waals surface area (Å²) < 4.78 is 26.6. The van der Waals surface area contributed by atoms with Gasteiger partial charge in [0.25, 0.3) is 0 Å². The van der Waals surface area contributed by atoms with Gasteiger partial charge >= 0.3 is 0 Å². The summed E-state index contributed by atoms with van der Waals surface area (Å²) in [5.41, 5.74) is 1.57. The average molecular weight is 258 g/mol. The van der Waals surface area contributed by atoms with Crippen molar-refractivity contribution in [1.82, 2.24) is 5.32 Å². The zero-order chi connectivity index (χ0) is 13.2. The second-order valence-electron chi connectivity index (χ2n) is 4.48. The van der Waals surface area contributed by atoms with Gasteiger partial charge in [0.2, 0.25) is 0 Å². The van der Waals surface area contributed by atoms with Crippen LogP contribution in [0.5, 0.6) is 0 Å². The van der Waals surface area contributed by atoms with Crippen LogP contribution in [0.4, 0.5) is 8.78 Å². The van der Waals surface area contributed by atoms with Gasteiger partial charge < -0.3 is 5.32 Å². The third-order valence-electron chi connectivity index (χ3n) is 3.20. The van der Waals surface area contributed by atoms with Crippen LogP contribution < -0.4 is 5.32 Å². The molecule has 2 unspecified atom stereocenters. The number of nitrogens with one attached hydrogen (secondary N) is 1. The summed E-state index contributed by atoms with van der Waals surface area (Å²) in [5, 5.41) is 3.09. The molecule has 3 rings (SSSR count). The molecule has 1 aliphatic rings. The van der Waals surface area contributed by atoms with Crippen LogP contribution in [0.2, 0.25) is 0 Å². The Morgan fingerprint density at radius 2 is 1.53 bits per heavy atom. The van der Waals surface area contributed by atoms with E-state index in [2.05, 4.69) is 10.3 Å². The minimum absolute atomic E-state index is 0.169. The maximum absolute atomic E-state index is 13.3. The summed E-state index contributed by atoms with van der Waals surface area (Å²) in [7, 11) is 0. The van der Waals surface area contributed by atoms with E-state index in [0.717, 1.165) is 11.1 Å². The highest BCUT2D eigenvalue weighted by atomic mass is 19.1. The van der Waals surface area contributed by atoms with Crippen LogP contribution in [-0.4, -0.2) is 6.34 Å². The first-order valence-corrected chi connectivity index (χ1v) is 6.03. The highest BCUT2D eigenvalue weighted by Crippen LogP contribution is 2.34. The van der Waals surface area contributed by atoms with Gasteiger partial charge in [-0.2, -0.15) is 0 Å². The van der Waals surface area contributed by atoms with Gasteiger partial charge in [0.1, 0.15) is 17.7 Å². The maximum Gasteiger partial charge on any atom is 0.123 e.